The number of amides is 1. The second-order valence-electron chi connectivity index (χ2n) is 9.29. The molecular weight excluding hydrogens is 494 g/mol. The maximum Gasteiger partial charge on any atom is 0.289 e. The van der Waals surface area contributed by atoms with Crippen LogP contribution < -0.4 is 10.1 Å². The van der Waals surface area contributed by atoms with E-state index in [1.165, 1.54) is 4.90 Å². The highest BCUT2D eigenvalue weighted by atomic mass is 35.5. The van der Waals surface area contributed by atoms with E-state index in [0.29, 0.717) is 29.6 Å². The van der Waals surface area contributed by atoms with E-state index < -0.39 is 0 Å². The zero-order valence-electron chi connectivity index (χ0n) is 20.5. The Morgan fingerprint density at radius 3 is 2.50 bits per heavy atom. The summed E-state index contributed by atoms with van der Waals surface area (Å²) in [7, 11) is 0. The van der Waals surface area contributed by atoms with Crippen molar-refractivity contribution in [2.75, 3.05) is 45.5 Å². The van der Waals surface area contributed by atoms with Gasteiger partial charge in [0.15, 0.2) is 5.76 Å². The molecule has 3 heterocycles. The Labute approximate surface area is 221 Å². The molecule has 0 atom stereocenters. The van der Waals surface area contributed by atoms with Gasteiger partial charge in [0.05, 0.1) is 5.02 Å². The summed E-state index contributed by atoms with van der Waals surface area (Å²) in [6.45, 7) is 5.72. The fourth-order valence-corrected chi connectivity index (χ4v) is 5.37. The van der Waals surface area contributed by atoms with Crippen molar-refractivity contribution in [1.82, 2.24) is 15.1 Å². The highest BCUT2D eigenvalue weighted by Crippen LogP contribution is 2.29. The number of furan rings is 1. The van der Waals surface area contributed by atoms with Crippen molar-refractivity contribution in [3.63, 3.8) is 0 Å². The van der Waals surface area contributed by atoms with Gasteiger partial charge in [0.1, 0.15) is 17.6 Å². The van der Waals surface area contributed by atoms with Gasteiger partial charge in [-0.05, 0) is 74.1 Å². The second kappa shape index (κ2) is 11.7. The van der Waals surface area contributed by atoms with E-state index >= 15 is 0 Å². The SMILES string of the molecule is CSc1ccc(-c2ccc(C(=O)N3CCN(Cc4ccc(OC5CCNCC5)c(Cl)c4)CC3)o2)cc1. The molecule has 3 aromatic rings. The Morgan fingerprint density at radius 2 is 1.81 bits per heavy atom. The van der Waals surface area contributed by atoms with Crippen LogP contribution >= 0.6 is 23.4 Å². The van der Waals surface area contributed by atoms with Gasteiger partial charge in [-0.3, -0.25) is 9.69 Å². The summed E-state index contributed by atoms with van der Waals surface area (Å²) < 4.78 is 12.0. The molecule has 2 saturated heterocycles. The molecule has 0 saturated carbocycles. The van der Waals surface area contributed by atoms with Crippen LogP contribution in [0.3, 0.4) is 0 Å². The van der Waals surface area contributed by atoms with E-state index in [9.17, 15) is 4.79 Å². The number of hydrogen-bond donors (Lipinski definition) is 1. The molecule has 6 nitrogen and oxygen atoms in total. The van der Waals surface area contributed by atoms with Gasteiger partial charge in [0.25, 0.3) is 5.91 Å². The lowest BCUT2D eigenvalue weighted by molar-refractivity contribution is 0.0598. The number of piperidine rings is 1. The number of nitrogens with one attached hydrogen (secondary N) is 1. The van der Waals surface area contributed by atoms with Crippen LogP contribution in [0.5, 0.6) is 5.75 Å². The summed E-state index contributed by atoms with van der Waals surface area (Å²) in [5, 5.41) is 4.01. The first-order valence-electron chi connectivity index (χ1n) is 12.5. The number of carbonyl (C=O) groups is 1. The molecule has 1 amide bonds. The van der Waals surface area contributed by atoms with Gasteiger partial charge in [0.2, 0.25) is 0 Å². The largest absolute Gasteiger partial charge is 0.489 e. The van der Waals surface area contributed by atoms with Gasteiger partial charge in [-0.1, -0.05) is 29.8 Å². The van der Waals surface area contributed by atoms with Gasteiger partial charge in [-0.15, -0.1) is 11.8 Å². The number of piperazine rings is 1. The van der Waals surface area contributed by atoms with Gasteiger partial charge >= 0.3 is 0 Å². The average Bonchev–Trinajstić information content (AvgIpc) is 3.41. The van der Waals surface area contributed by atoms with Crippen LogP contribution in [0.2, 0.25) is 5.02 Å². The van der Waals surface area contributed by atoms with Gasteiger partial charge in [-0.2, -0.15) is 0 Å². The lowest BCUT2D eigenvalue weighted by Crippen LogP contribution is -2.48. The number of ether oxygens (including phenoxy) is 1. The Kier molecular flexibility index (Phi) is 8.22. The zero-order chi connectivity index (χ0) is 24.9. The van der Waals surface area contributed by atoms with Crippen LogP contribution in [0.1, 0.15) is 29.0 Å². The topological polar surface area (TPSA) is 58.0 Å². The van der Waals surface area contributed by atoms with Crippen LogP contribution in [0, 0.1) is 0 Å². The summed E-state index contributed by atoms with van der Waals surface area (Å²) in [5.41, 5.74) is 2.13. The van der Waals surface area contributed by atoms with Gasteiger partial charge in [0, 0.05) is 43.2 Å². The summed E-state index contributed by atoms with van der Waals surface area (Å²) in [5.74, 6) is 1.82. The van der Waals surface area contributed by atoms with E-state index in [1.807, 2.05) is 35.2 Å². The third-order valence-corrected chi connectivity index (χ3v) is 7.87. The molecule has 0 aliphatic carbocycles. The van der Waals surface area contributed by atoms with Crippen LogP contribution in [-0.4, -0.2) is 67.3 Å². The molecule has 0 spiro atoms. The number of thioether (sulfide) groups is 1. The second-order valence-corrected chi connectivity index (χ2v) is 10.6. The highest BCUT2D eigenvalue weighted by Gasteiger charge is 2.25. The van der Waals surface area contributed by atoms with Crippen LogP contribution in [0.25, 0.3) is 11.3 Å². The van der Waals surface area contributed by atoms with Crippen molar-refractivity contribution in [2.45, 2.75) is 30.4 Å². The van der Waals surface area contributed by atoms with E-state index in [2.05, 4.69) is 34.7 Å². The Hall–Kier alpha value is -2.45. The minimum atomic E-state index is -0.0518. The first-order valence-corrected chi connectivity index (χ1v) is 14.1. The van der Waals surface area contributed by atoms with Crippen molar-refractivity contribution in [1.29, 1.82) is 0 Å². The predicted molar refractivity (Wildman–Crippen MR) is 145 cm³/mol. The molecule has 0 unspecified atom stereocenters. The van der Waals surface area contributed by atoms with Crippen LogP contribution in [0.15, 0.2) is 63.9 Å². The molecule has 1 aromatic heterocycles. The average molecular weight is 526 g/mol. The first-order chi connectivity index (χ1) is 17.6. The smallest absolute Gasteiger partial charge is 0.289 e. The first kappa shape index (κ1) is 25.2. The molecule has 2 fully saturated rings. The highest BCUT2D eigenvalue weighted by molar-refractivity contribution is 7.98. The van der Waals surface area contributed by atoms with E-state index in [-0.39, 0.29) is 12.0 Å². The normalized spacial score (nSPS) is 17.3. The number of benzene rings is 2. The van der Waals surface area contributed by atoms with Crippen molar-refractivity contribution < 1.29 is 13.9 Å². The number of halogens is 1. The molecule has 0 radical (unpaired) electrons. The molecule has 5 rings (SSSR count). The fourth-order valence-electron chi connectivity index (χ4n) is 4.72. The quantitative estimate of drug-likeness (QED) is 0.416. The third-order valence-electron chi connectivity index (χ3n) is 6.83. The molecule has 2 aromatic carbocycles. The maximum absolute atomic E-state index is 13.0. The Morgan fingerprint density at radius 1 is 1.06 bits per heavy atom. The monoisotopic (exact) mass is 525 g/mol. The standard InChI is InChI=1S/C28H32ClN3O3S/c1-36-23-5-3-21(4-6-23)25-8-9-27(35-25)28(33)32-16-14-31(15-17-32)19-20-2-7-26(24(29)18-20)34-22-10-12-30-13-11-22/h2-9,18,22,30H,10-17,19H2,1H3. The van der Waals surface area contributed by atoms with Crippen molar-refractivity contribution in [3.8, 4) is 17.1 Å². The summed E-state index contributed by atoms with van der Waals surface area (Å²) in [6.07, 6.45) is 4.29. The summed E-state index contributed by atoms with van der Waals surface area (Å²) in [6, 6.07) is 17.9. The minimum Gasteiger partial charge on any atom is -0.489 e. The number of rotatable bonds is 7. The fraction of sp³-hybridized carbons (Fsp3) is 0.393. The van der Waals surface area contributed by atoms with Gasteiger partial charge in [-0.25, -0.2) is 0 Å². The summed E-state index contributed by atoms with van der Waals surface area (Å²) >= 11 is 8.24. The van der Waals surface area contributed by atoms with Crippen LogP contribution in [-0.2, 0) is 6.54 Å². The Bertz CT molecular complexity index is 1170. The van der Waals surface area contributed by atoms with Gasteiger partial charge < -0.3 is 19.4 Å². The summed E-state index contributed by atoms with van der Waals surface area (Å²) in [4.78, 5) is 18.5. The maximum atomic E-state index is 13.0. The van der Waals surface area contributed by atoms with Crippen molar-refractivity contribution in [3.05, 3.63) is 70.9 Å². The Balaban J connectivity index is 1.13. The number of carbonyl (C=O) groups excluding carboxylic acids is 1. The predicted octanol–water partition coefficient (Wildman–Crippen LogP) is 5.41. The van der Waals surface area contributed by atoms with Crippen molar-refractivity contribution in [2.24, 2.45) is 0 Å². The lowest BCUT2D eigenvalue weighted by Gasteiger charge is -2.34. The lowest BCUT2D eigenvalue weighted by atomic mass is 10.1. The zero-order valence-corrected chi connectivity index (χ0v) is 22.1. The third kappa shape index (κ3) is 6.09. The number of hydrogen-bond acceptors (Lipinski definition) is 6. The molecular formula is C28H32ClN3O3S. The molecule has 0 bridgehead atoms. The van der Waals surface area contributed by atoms with E-state index in [0.717, 1.165) is 62.4 Å². The van der Waals surface area contributed by atoms with Crippen molar-refractivity contribution >= 4 is 29.3 Å². The molecule has 36 heavy (non-hydrogen) atoms. The molecule has 2 aliphatic heterocycles. The molecule has 2 aliphatic rings. The van der Waals surface area contributed by atoms with E-state index in [1.54, 1.807) is 17.8 Å². The minimum absolute atomic E-state index is 0.0518. The molecule has 1 N–H and O–H groups in total. The van der Waals surface area contributed by atoms with Crippen LogP contribution in [0.4, 0.5) is 0 Å². The van der Waals surface area contributed by atoms with E-state index in [4.69, 9.17) is 20.8 Å². The molecule has 8 heteroatoms. The number of nitrogens with zero attached hydrogens (tertiary/aromatic N) is 2. The molecule has 190 valence electrons.